The summed E-state index contributed by atoms with van der Waals surface area (Å²) in [4.78, 5) is 25.2. The molecule has 2 aromatic carbocycles. The average Bonchev–Trinajstić information content (AvgIpc) is 2.73. The Hall–Kier alpha value is -3.73. The zero-order valence-corrected chi connectivity index (χ0v) is 16.4. The molecule has 1 heterocycles. The Morgan fingerprint density at radius 3 is 2.21 bits per heavy atom. The van der Waals surface area contributed by atoms with E-state index >= 15 is 0 Å². The number of benzene rings is 2. The molecule has 0 unspecified atom stereocenters. The van der Waals surface area contributed by atoms with Gasteiger partial charge in [0.05, 0.1) is 6.61 Å². The maximum atomic E-state index is 12.8. The first-order valence-electron chi connectivity index (χ1n) is 9.33. The van der Waals surface area contributed by atoms with E-state index in [-0.39, 0.29) is 23.4 Å². The van der Waals surface area contributed by atoms with Gasteiger partial charge < -0.3 is 9.30 Å². The number of hydrogen-bond donors (Lipinski definition) is 1. The lowest BCUT2D eigenvalue weighted by Crippen LogP contribution is -2.29. The zero-order chi connectivity index (χ0) is 20.8. The van der Waals surface area contributed by atoms with Crippen LogP contribution < -0.4 is 5.49 Å². The van der Waals surface area contributed by atoms with Gasteiger partial charge in [0.2, 0.25) is 0 Å². The Labute approximate surface area is 169 Å². The number of nitrogens with one attached hydrogen (secondary N) is 1. The molecular weight excluding hydrogens is 364 g/mol. The minimum absolute atomic E-state index is 0.0349. The van der Waals surface area contributed by atoms with E-state index in [0.29, 0.717) is 16.8 Å². The van der Waals surface area contributed by atoms with Gasteiger partial charge in [-0.15, -0.1) is 0 Å². The van der Waals surface area contributed by atoms with E-state index < -0.39 is 5.97 Å². The molecule has 29 heavy (non-hydrogen) atoms. The molecule has 1 N–H and O–H groups in total. The lowest BCUT2D eigenvalue weighted by molar-refractivity contribution is 0.0523. The van der Waals surface area contributed by atoms with E-state index in [9.17, 15) is 9.59 Å². The van der Waals surface area contributed by atoms with E-state index in [1.54, 1.807) is 19.2 Å². The first-order chi connectivity index (χ1) is 14.0. The van der Waals surface area contributed by atoms with Gasteiger partial charge in [-0.25, -0.2) is 4.79 Å². The summed E-state index contributed by atoms with van der Waals surface area (Å²) < 4.78 is 6.74. The quantitative estimate of drug-likeness (QED) is 0.501. The number of para-hydroxylation sites is 1. The number of ether oxygens (including phenoxy) is 1. The Balaban J connectivity index is 2.29. The molecule has 5 nitrogen and oxygen atoms in total. The number of pyridine rings is 1. The van der Waals surface area contributed by atoms with Crippen molar-refractivity contribution in [3.05, 3.63) is 94.6 Å². The molecule has 0 aliphatic rings. The van der Waals surface area contributed by atoms with Gasteiger partial charge in [-0.2, -0.15) is 0 Å². The molecule has 0 aliphatic carbocycles. The second kappa shape index (κ2) is 8.97. The van der Waals surface area contributed by atoms with Crippen LogP contribution >= 0.6 is 0 Å². The lowest BCUT2D eigenvalue weighted by atomic mass is 9.99. The standard InChI is InChI=1S/C24H22N2O3/c1-3-29-24(28)22-20(15-14-18-10-6-4-7-11-18)21(17(2)27)16-26(23(22)25)19-12-8-5-9-13-19/h4-16,25H,3H2,1-2H3. The van der Waals surface area contributed by atoms with Crippen LogP contribution in [0.25, 0.3) is 17.8 Å². The second-order valence-electron chi connectivity index (χ2n) is 6.41. The minimum atomic E-state index is -0.627. The fourth-order valence-corrected chi connectivity index (χ4v) is 3.05. The molecule has 0 amide bonds. The van der Waals surface area contributed by atoms with Crippen LogP contribution in [0.5, 0.6) is 0 Å². The first-order valence-corrected chi connectivity index (χ1v) is 9.33. The molecular formula is C24H22N2O3. The van der Waals surface area contributed by atoms with Crippen molar-refractivity contribution in [2.75, 3.05) is 6.61 Å². The molecule has 0 fully saturated rings. The maximum absolute atomic E-state index is 12.8. The lowest BCUT2D eigenvalue weighted by Gasteiger charge is -2.16. The fourth-order valence-electron chi connectivity index (χ4n) is 3.05. The Bertz CT molecular complexity index is 1110. The topological polar surface area (TPSA) is 72.2 Å². The van der Waals surface area contributed by atoms with Gasteiger partial charge in [-0.3, -0.25) is 10.2 Å². The van der Waals surface area contributed by atoms with Crippen LogP contribution in [0.3, 0.4) is 0 Å². The molecule has 1 aromatic heterocycles. The number of esters is 1. The van der Waals surface area contributed by atoms with Crippen molar-refractivity contribution in [1.29, 1.82) is 5.41 Å². The number of nitrogens with zero attached hydrogens (tertiary/aromatic N) is 1. The van der Waals surface area contributed by atoms with Crippen molar-refractivity contribution in [2.45, 2.75) is 13.8 Å². The highest BCUT2D eigenvalue weighted by Crippen LogP contribution is 2.19. The van der Waals surface area contributed by atoms with E-state index in [1.165, 1.54) is 11.5 Å². The Kier molecular flexibility index (Phi) is 6.19. The minimum Gasteiger partial charge on any atom is -0.462 e. The Morgan fingerprint density at radius 1 is 1.00 bits per heavy atom. The van der Waals surface area contributed by atoms with Crippen LogP contribution in [0, 0.1) is 5.41 Å². The van der Waals surface area contributed by atoms with Crippen LogP contribution in [-0.4, -0.2) is 22.9 Å². The van der Waals surface area contributed by atoms with Gasteiger partial charge in [0.1, 0.15) is 11.1 Å². The summed E-state index contributed by atoms with van der Waals surface area (Å²) in [6, 6.07) is 18.7. The molecule has 0 spiro atoms. The van der Waals surface area contributed by atoms with Gasteiger partial charge in [0, 0.05) is 23.0 Å². The highest BCUT2D eigenvalue weighted by molar-refractivity contribution is 6.04. The summed E-state index contributed by atoms with van der Waals surface area (Å²) in [6.45, 7) is 3.33. The summed E-state index contributed by atoms with van der Waals surface area (Å²) in [5, 5.41) is 8.67. The summed E-state index contributed by atoms with van der Waals surface area (Å²) in [5.74, 6) is -0.828. The summed E-state index contributed by atoms with van der Waals surface area (Å²) in [5.41, 5.74) is 2.37. The van der Waals surface area contributed by atoms with Gasteiger partial charge in [-0.1, -0.05) is 60.7 Å². The van der Waals surface area contributed by atoms with E-state index in [0.717, 1.165) is 5.56 Å². The molecule has 0 saturated carbocycles. The van der Waals surface area contributed by atoms with Crippen molar-refractivity contribution in [3.63, 3.8) is 0 Å². The third-order valence-corrected chi connectivity index (χ3v) is 4.43. The number of Topliss-reactive ketones (excluding diaryl/α,β-unsaturated/α-hetero) is 1. The van der Waals surface area contributed by atoms with Crippen molar-refractivity contribution in [3.8, 4) is 5.69 Å². The molecule has 0 bridgehead atoms. The predicted octanol–water partition coefficient (Wildman–Crippen LogP) is 4.51. The van der Waals surface area contributed by atoms with E-state index in [1.807, 2.05) is 66.7 Å². The zero-order valence-electron chi connectivity index (χ0n) is 16.4. The van der Waals surface area contributed by atoms with Crippen LogP contribution in [0.2, 0.25) is 0 Å². The van der Waals surface area contributed by atoms with Gasteiger partial charge in [0.25, 0.3) is 0 Å². The molecule has 5 heteroatoms. The largest absolute Gasteiger partial charge is 0.462 e. The molecule has 0 saturated heterocycles. The van der Waals surface area contributed by atoms with Crippen molar-refractivity contribution < 1.29 is 14.3 Å². The second-order valence-corrected chi connectivity index (χ2v) is 6.41. The summed E-state index contributed by atoms with van der Waals surface area (Å²) in [7, 11) is 0. The monoisotopic (exact) mass is 386 g/mol. The van der Waals surface area contributed by atoms with Crippen molar-refractivity contribution >= 4 is 23.9 Å². The van der Waals surface area contributed by atoms with Gasteiger partial charge in [-0.05, 0) is 31.5 Å². The molecule has 0 aliphatic heterocycles. The predicted molar refractivity (Wildman–Crippen MR) is 113 cm³/mol. The van der Waals surface area contributed by atoms with Gasteiger partial charge in [0.15, 0.2) is 5.78 Å². The summed E-state index contributed by atoms with van der Waals surface area (Å²) in [6.07, 6.45) is 5.12. The molecule has 0 radical (unpaired) electrons. The van der Waals surface area contributed by atoms with E-state index in [2.05, 4.69) is 0 Å². The highest BCUT2D eigenvalue weighted by Gasteiger charge is 2.22. The third kappa shape index (κ3) is 4.41. The smallest absolute Gasteiger partial charge is 0.342 e. The molecule has 3 aromatic rings. The SMILES string of the molecule is CCOC(=O)c1c(C=Cc2ccccc2)c(C(C)=O)cn(-c2ccccc2)c1=N. The fraction of sp³-hybridized carbons (Fsp3) is 0.125. The third-order valence-electron chi connectivity index (χ3n) is 4.43. The van der Waals surface area contributed by atoms with Crippen LogP contribution in [0.1, 0.15) is 45.7 Å². The number of hydrogen-bond acceptors (Lipinski definition) is 4. The number of carbonyl (C=O) groups is 2. The molecule has 146 valence electrons. The average molecular weight is 386 g/mol. The van der Waals surface area contributed by atoms with Crippen molar-refractivity contribution in [2.24, 2.45) is 0 Å². The van der Waals surface area contributed by atoms with Crippen LogP contribution in [-0.2, 0) is 4.74 Å². The number of rotatable bonds is 6. The van der Waals surface area contributed by atoms with Crippen LogP contribution in [0.4, 0.5) is 0 Å². The number of ketones is 1. The highest BCUT2D eigenvalue weighted by atomic mass is 16.5. The van der Waals surface area contributed by atoms with Gasteiger partial charge >= 0.3 is 5.97 Å². The number of carbonyl (C=O) groups excluding carboxylic acids is 2. The van der Waals surface area contributed by atoms with Crippen molar-refractivity contribution in [1.82, 2.24) is 4.57 Å². The molecule has 0 atom stereocenters. The molecule has 3 rings (SSSR count). The first kappa shape index (κ1) is 20.0. The number of aromatic nitrogens is 1. The van der Waals surface area contributed by atoms with E-state index in [4.69, 9.17) is 10.1 Å². The normalized spacial score (nSPS) is 10.8. The Morgan fingerprint density at radius 2 is 1.62 bits per heavy atom. The van der Waals surface area contributed by atoms with Crippen LogP contribution in [0.15, 0.2) is 66.9 Å². The maximum Gasteiger partial charge on any atom is 0.342 e. The summed E-state index contributed by atoms with van der Waals surface area (Å²) >= 11 is 0.